The number of primary amides is 1. The highest BCUT2D eigenvalue weighted by molar-refractivity contribution is 7.15. The third kappa shape index (κ3) is 2.14. The molecule has 0 saturated carbocycles. The average molecular weight is 267 g/mol. The Morgan fingerprint density at radius 2 is 2.12 bits per heavy atom. The van der Waals surface area contributed by atoms with Crippen molar-refractivity contribution in [1.82, 2.24) is 0 Å². The third-order valence-electron chi connectivity index (χ3n) is 2.53. The molecule has 2 rings (SSSR count). The lowest BCUT2D eigenvalue weighted by atomic mass is 10.0. The Bertz CT molecular complexity index is 592. The quantitative estimate of drug-likeness (QED) is 0.877. The van der Waals surface area contributed by atoms with Gasteiger partial charge in [0.2, 0.25) is 0 Å². The van der Waals surface area contributed by atoms with E-state index in [0.29, 0.717) is 15.6 Å². The fraction of sp³-hybridized carbons (Fsp3) is 0.0833. The maximum Gasteiger partial charge on any atom is 0.252 e. The van der Waals surface area contributed by atoms with Gasteiger partial charge in [-0.1, -0.05) is 17.7 Å². The minimum atomic E-state index is -0.508. The normalized spacial score (nSPS) is 10.5. The van der Waals surface area contributed by atoms with E-state index in [1.54, 1.807) is 6.07 Å². The third-order valence-corrected chi connectivity index (χ3v) is 3.77. The van der Waals surface area contributed by atoms with Crippen molar-refractivity contribution < 1.29 is 4.79 Å². The van der Waals surface area contributed by atoms with Crippen LogP contribution in [0.25, 0.3) is 11.1 Å². The minimum Gasteiger partial charge on any atom is -0.390 e. The molecule has 0 aliphatic heterocycles. The van der Waals surface area contributed by atoms with Crippen LogP contribution >= 0.6 is 22.9 Å². The fourth-order valence-electron chi connectivity index (χ4n) is 1.65. The summed E-state index contributed by atoms with van der Waals surface area (Å²) in [5.41, 5.74) is 14.1. The van der Waals surface area contributed by atoms with Crippen LogP contribution in [0.5, 0.6) is 0 Å². The average Bonchev–Trinajstić information content (AvgIpc) is 2.64. The molecule has 17 heavy (non-hydrogen) atoms. The highest BCUT2D eigenvalue weighted by Gasteiger charge is 2.16. The van der Waals surface area contributed by atoms with Gasteiger partial charge in [0.05, 0.1) is 10.6 Å². The molecule has 1 amide bonds. The smallest absolute Gasteiger partial charge is 0.252 e. The van der Waals surface area contributed by atoms with Gasteiger partial charge < -0.3 is 11.5 Å². The van der Waals surface area contributed by atoms with Gasteiger partial charge in [0.25, 0.3) is 5.91 Å². The van der Waals surface area contributed by atoms with E-state index in [2.05, 4.69) is 0 Å². The van der Waals surface area contributed by atoms with Crippen LogP contribution in [0, 0.1) is 6.92 Å². The summed E-state index contributed by atoms with van der Waals surface area (Å²) in [5.74, 6) is -0.508. The standard InChI is InChI=1S/C12H11ClN2OS/c1-6-4-7(2-3-9(6)13)8-5-17-12(15)10(8)11(14)16/h2-5H,15H2,1H3,(H2,14,16). The summed E-state index contributed by atoms with van der Waals surface area (Å²) >= 11 is 7.27. The first-order chi connectivity index (χ1) is 8.00. The van der Waals surface area contributed by atoms with Crippen LogP contribution in [0.3, 0.4) is 0 Å². The SMILES string of the molecule is Cc1cc(-c2csc(N)c2C(N)=O)ccc1Cl. The molecule has 0 radical (unpaired) electrons. The van der Waals surface area contributed by atoms with Gasteiger partial charge in [-0.3, -0.25) is 4.79 Å². The molecule has 2 aromatic rings. The fourth-order valence-corrected chi connectivity index (χ4v) is 2.60. The number of nitrogens with two attached hydrogens (primary N) is 2. The van der Waals surface area contributed by atoms with Crippen molar-refractivity contribution in [3.63, 3.8) is 0 Å². The summed E-state index contributed by atoms with van der Waals surface area (Å²) in [7, 11) is 0. The van der Waals surface area contributed by atoms with Crippen molar-refractivity contribution in [2.75, 3.05) is 5.73 Å². The van der Waals surface area contributed by atoms with Gasteiger partial charge in [-0.05, 0) is 30.2 Å². The van der Waals surface area contributed by atoms with E-state index in [1.165, 1.54) is 11.3 Å². The number of nitrogen functional groups attached to an aromatic ring is 1. The van der Waals surface area contributed by atoms with E-state index in [-0.39, 0.29) is 0 Å². The molecule has 1 heterocycles. The maximum atomic E-state index is 11.4. The molecule has 0 unspecified atom stereocenters. The Hall–Kier alpha value is -1.52. The molecule has 0 spiro atoms. The van der Waals surface area contributed by atoms with Crippen molar-refractivity contribution in [2.45, 2.75) is 6.92 Å². The Labute approximate surface area is 108 Å². The molecule has 0 atom stereocenters. The number of aryl methyl sites for hydroxylation is 1. The summed E-state index contributed by atoms with van der Waals surface area (Å²) in [4.78, 5) is 11.4. The first-order valence-corrected chi connectivity index (χ1v) is 6.19. The number of hydrogen-bond acceptors (Lipinski definition) is 3. The lowest BCUT2D eigenvalue weighted by Crippen LogP contribution is -2.12. The molecule has 0 aliphatic carbocycles. The number of thiophene rings is 1. The second-order valence-corrected chi connectivity index (χ2v) is 5.04. The second kappa shape index (κ2) is 4.39. The molecule has 0 saturated heterocycles. The summed E-state index contributed by atoms with van der Waals surface area (Å²) in [6.07, 6.45) is 0. The Balaban J connectivity index is 2.60. The monoisotopic (exact) mass is 266 g/mol. The van der Waals surface area contributed by atoms with Gasteiger partial charge in [0, 0.05) is 16.0 Å². The Morgan fingerprint density at radius 3 is 2.71 bits per heavy atom. The highest BCUT2D eigenvalue weighted by Crippen LogP contribution is 2.34. The van der Waals surface area contributed by atoms with Crippen molar-refractivity contribution in [3.05, 3.63) is 39.7 Å². The van der Waals surface area contributed by atoms with E-state index in [1.807, 2.05) is 24.4 Å². The van der Waals surface area contributed by atoms with E-state index in [0.717, 1.165) is 16.7 Å². The lowest BCUT2D eigenvalue weighted by Gasteiger charge is -2.04. The van der Waals surface area contributed by atoms with E-state index < -0.39 is 5.91 Å². The minimum absolute atomic E-state index is 0.386. The first-order valence-electron chi connectivity index (χ1n) is 4.94. The number of anilines is 1. The van der Waals surface area contributed by atoms with Crippen molar-refractivity contribution in [3.8, 4) is 11.1 Å². The summed E-state index contributed by atoms with van der Waals surface area (Å²) in [6, 6.07) is 5.56. The lowest BCUT2D eigenvalue weighted by molar-refractivity contribution is 0.100. The number of rotatable bonds is 2. The van der Waals surface area contributed by atoms with Gasteiger partial charge in [0.1, 0.15) is 0 Å². The van der Waals surface area contributed by atoms with Crippen LogP contribution in [0.15, 0.2) is 23.6 Å². The molecule has 5 heteroatoms. The van der Waals surface area contributed by atoms with Crippen LogP contribution in [0.4, 0.5) is 5.00 Å². The molecule has 3 nitrogen and oxygen atoms in total. The van der Waals surface area contributed by atoms with E-state index in [9.17, 15) is 4.79 Å². The summed E-state index contributed by atoms with van der Waals surface area (Å²) in [6.45, 7) is 1.91. The zero-order chi connectivity index (χ0) is 12.6. The van der Waals surface area contributed by atoms with Gasteiger partial charge >= 0.3 is 0 Å². The predicted octanol–water partition coefficient (Wildman–Crippen LogP) is 3.06. The largest absolute Gasteiger partial charge is 0.390 e. The summed E-state index contributed by atoms with van der Waals surface area (Å²) < 4.78 is 0. The topological polar surface area (TPSA) is 69.1 Å². The van der Waals surface area contributed by atoms with Crippen molar-refractivity contribution in [1.29, 1.82) is 0 Å². The van der Waals surface area contributed by atoms with Crippen molar-refractivity contribution >= 4 is 33.8 Å². The van der Waals surface area contributed by atoms with Crippen molar-refractivity contribution in [2.24, 2.45) is 5.73 Å². The number of carbonyl (C=O) groups is 1. The van der Waals surface area contributed by atoms with Gasteiger partial charge in [0.15, 0.2) is 0 Å². The van der Waals surface area contributed by atoms with Gasteiger partial charge in [-0.25, -0.2) is 0 Å². The zero-order valence-electron chi connectivity index (χ0n) is 9.16. The zero-order valence-corrected chi connectivity index (χ0v) is 10.7. The highest BCUT2D eigenvalue weighted by atomic mass is 35.5. The molecule has 88 valence electrons. The number of amides is 1. The maximum absolute atomic E-state index is 11.4. The van der Waals surface area contributed by atoms with Gasteiger partial charge in [-0.15, -0.1) is 11.3 Å². The number of hydrogen-bond donors (Lipinski definition) is 2. The number of halogens is 1. The van der Waals surface area contributed by atoms with Crippen LogP contribution in [-0.4, -0.2) is 5.91 Å². The number of carbonyl (C=O) groups excluding carboxylic acids is 1. The van der Waals surface area contributed by atoms with Crippen LogP contribution in [-0.2, 0) is 0 Å². The molecule has 0 aliphatic rings. The molecule has 4 N–H and O–H groups in total. The predicted molar refractivity (Wildman–Crippen MR) is 72.4 cm³/mol. The Kier molecular flexibility index (Phi) is 3.09. The molecular formula is C12H11ClN2OS. The molecular weight excluding hydrogens is 256 g/mol. The molecule has 0 fully saturated rings. The van der Waals surface area contributed by atoms with E-state index >= 15 is 0 Å². The summed E-state index contributed by atoms with van der Waals surface area (Å²) in [5, 5.41) is 2.97. The first kappa shape index (κ1) is 12.0. The Morgan fingerprint density at radius 1 is 1.41 bits per heavy atom. The van der Waals surface area contributed by atoms with Crippen LogP contribution in [0.1, 0.15) is 15.9 Å². The molecule has 1 aromatic carbocycles. The van der Waals surface area contributed by atoms with Crippen LogP contribution < -0.4 is 11.5 Å². The van der Waals surface area contributed by atoms with E-state index in [4.69, 9.17) is 23.1 Å². The molecule has 1 aromatic heterocycles. The van der Waals surface area contributed by atoms with Crippen LogP contribution in [0.2, 0.25) is 5.02 Å². The second-order valence-electron chi connectivity index (χ2n) is 3.72. The number of benzene rings is 1. The van der Waals surface area contributed by atoms with Gasteiger partial charge in [-0.2, -0.15) is 0 Å². The molecule has 0 bridgehead atoms.